The van der Waals surface area contributed by atoms with Crippen molar-refractivity contribution in [2.75, 3.05) is 48.9 Å². The molecule has 0 saturated carbocycles. The predicted octanol–water partition coefficient (Wildman–Crippen LogP) is 5.64. The van der Waals surface area contributed by atoms with Gasteiger partial charge in [-0.2, -0.15) is 0 Å². The lowest BCUT2D eigenvalue weighted by molar-refractivity contribution is -0.136. The van der Waals surface area contributed by atoms with E-state index in [4.69, 9.17) is 4.98 Å². The Labute approximate surface area is 379 Å². The van der Waals surface area contributed by atoms with E-state index in [9.17, 15) is 32.4 Å². The van der Waals surface area contributed by atoms with Gasteiger partial charge < -0.3 is 14.8 Å². The predicted molar refractivity (Wildman–Crippen MR) is 248 cm³/mol. The van der Waals surface area contributed by atoms with Gasteiger partial charge in [-0.3, -0.25) is 43.8 Å². The zero-order valence-electron chi connectivity index (χ0n) is 37.2. The fourth-order valence-corrected chi connectivity index (χ4v) is 10.9. The third-order valence-corrected chi connectivity index (χ3v) is 14.2. The van der Waals surface area contributed by atoms with E-state index in [0.29, 0.717) is 67.5 Å². The summed E-state index contributed by atoms with van der Waals surface area (Å²) >= 11 is 0. The Bertz CT molecular complexity index is 2740. The first-order chi connectivity index (χ1) is 31.3. The third kappa shape index (κ3) is 10.1. The molecule has 340 valence electrons. The molecule has 0 aliphatic carbocycles. The summed E-state index contributed by atoms with van der Waals surface area (Å²) in [7, 11) is -3.81. The Morgan fingerprint density at radius 1 is 0.800 bits per heavy atom. The van der Waals surface area contributed by atoms with Crippen molar-refractivity contribution < 1.29 is 32.4 Å². The summed E-state index contributed by atoms with van der Waals surface area (Å²) in [6, 6.07) is 23.7. The number of nitrogens with zero attached hydrogens (tertiary/aromatic N) is 5. The highest BCUT2D eigenvalue weighted by Crippen LogP contribution is 2.32. The van der Waals surface area contributed by atoms with Gasteiger partial charge in [-0.15, -0.1) is 0 Å². The number of unbranched alkanes of at least 4 members (excludes halogenated alkanes) is 4. The number of sulfonamides is 1. The molecule has 1 unspecified atom stereocenters. The normalized spacial score (nSPS) is 16.9. The number of imidazole rings is 1. The standard InChI is InChI=1S/C49H56N8O7S/c1-32-26-33(2)46(34(3)27-32)65(63,64)53-36-15-18-41-40(28-36)51-43(56(41)30-35-12-8-7-9-13-35)14-10-5-4-6-11-21-50-45(59)31-54-22-24-55(25-23-54)37-16-17-38-39(29-37)49(62)57(48(38)61)42-19-20-44(58)52-47(42)60/h7-9,12-13,15-18,26-29,42,53H,4-6,10-11,14,19-25,30-31H2,1-3H3,(H,50,59)(H,52,58,60). The molecule has 0 radical (unpaired) electrons. The number of carbonyl (C=O) groups excluding carboxylic acids is 5. The van der Waals surface area contributed by atoms with E-state index in [2.05, 4.69) is 41.9 Å². The van der Waals surface area contributed by atoms with Crippen LogP contribution in [0, 0.1) is 20.8 Å². The van der Waals surface area contributed by atoms with Crippen LogP contribution in [0.3, 0.4) is 0 Å². The SMILES string of the molecule is Cc1cc(C)c(S(=O)(=O)Nc2ccc3c(c2)nc(CCCCCCCNC(=O)CN2CCN(c4ccc5c(c4)C(=O)N(C4CCC(=O)NC4=O)C5=O)CC2)n3Cc2ccccc2)c(C)c1. The van der Waals surface area contributed by atoms with Crippen molar-refractivity contribution in [1.82, 2.24) is 30.0 Å². The molecule has 1 aromatic heterocycles. The third-order valence-electron chi connectivity index (χ3n) is 12.6. The molecule has 65 heavy (non-hydrogen) atoms. The van der Waals surface area contributed by atoms with Crippen molar-refractivity contribution >= 4 is 62.0 Å². The highest BCUT2D eigenvalue weighted by atomic mass is 32.2. The van der Waals surface area contributed by atoms with Gasteiger partial charge in [-0.1, -0.05) is 67.3 Å². The summed E-state index contributed by atoms with van der Waals surface area (Å²) in [6.45, 7) is 9.77. The number of nitrogens with one attached hydrogen (secondary N) is 3. The summed E-state index contributed by atoms with van der Waals surface area (Å²) < 4.78 is 32.1. The number of aromatic nitrogens is 2. The smallest absolute Gasteiger partial charge is 0.262 e. The van der Waals surface area contributed by atoms with Gasteiger partial charge in [-0.25, -0.2) is 13.4 Å². The van der Waals surface area contributed by atoms with E-state index < -0.39 is 39.7 Å². The average molecular weight is 901 g/mol. The quantitative estimate of drug-likeness (QED) is 0.0780. The Balaban J connectivity index is 0.770. The van der Waals surface area contributed by atoms with Crippen LogP contribution < -0.4 is 20.3 Å². The van der Waals surface area contributed by atoms with Crippen LogP contribution in [0.15, 0.2) is 83.8 Å². The zero-order chi connectivity index (χ0) is 45.8. The number of carbonyl (C=O) groups is 5. The van der Waals surface area contributed by atoms with Gasteiger partial charge in [0.15, 0.2) is 0 Å². The second-order valence-corrected chi connectivity index (χ2v) is 19.1. The van der Waals surface area contributed by atoms with E-state index in [-0.39, 0.29) is 29.9 Å². The Morgan fingerprint density at radius 3 is 2.25 bits per heavy atom. The number of rotatable bonds is 17. The maximum Gasteiger partial charge on any atom is 0.262 e. The van der Waals surface area contributed by atoms with Gasteiger partial charge in [0.05, 0.1) is 39.3 Å². The van der Waals surface area contributed by atoms with Crippen molar-refractivity contribution in [2.24, 2.45) is 0 Å². The molecule has 4 aromatic carbocycles. The minimum atomic E-state index is -3.81. The van der Waals surface area contributed by atoms with Gasteiger partial charge in [0.2, 0.25) is 17.7 Å². The van der Waals surface area contributed by atoms with Crippen LogP contribution in [0.25, 0.3) is 11.0 Å². The highest BCUT2D eigenvalue weighted by Gasteiger charge is 2.45. The molecular weight excluding hydrogens is 845 g/mol. The molecule has 3 N–H and O–H groups in total. The molecule has 3 aliphatic rings. The van der Waals surface area contributed by atoms with Gasteiger partial charge in [-0.05, 0) is 93.1 Å². The van der Waals surface area contributed by atoms with Crippen molar-refractivity contribution in [2.45, 2.75) is 89.6 Å². The first-order valence-corrected chi connectivity index (χ1v) is 24.0. The number of piperidine rings is 1. The van der Waals surface area contributed by atoms with Crippen LogP contribution in [0.2, 0.25) is 0 Å². The summed E-state index contributed by atoms with van der Waals surface area (Å²) in [5, 5.41) is 5.30. The van der Waals surface area contributed by atoms with Crippen LogP contribution in [0.5, 0.6) is 0 Å². The van der Waals surface area contributed by atoms with Crippen molar-refractivity contribution in [1.29, 1.82) is 0 Å². The maximum absolute atomic E-state index is 13.5. The molecule has 15 nitrogen and oxygen atoms in total. The summed E-state index contributed by atoms with van der Waals surface area (Å²) in [5.41, 5.74) is 7.05. The number of amides is 5. The van der Waals surface area contributed by atoms with Crippen LogP contribution >= 0.6 is 0 Å². The van der Waals surface area contributed by atoms with E-state index in [1.807, 2.05) is 69.3 Å². The number of hydrogen-bond donors (Lipinski definition) is 3. The molecule has 8 rings (SSSR count). The van der Waals surface area contributed by atoms with E-state index >= 15 is 0 Å². The van der Waals surface area contributed by atoms with Gasteiger partial charge >= 0.3 is 0 Å². The highest BCUT2D eigenvalue weighted by molar-refractivity contribution is 7.92. The Hall–Kier alpha value is -6.39. The number of aryl methyl sites for hydroxylation is 4. The topological polar surface area (TPSA) is 183 Å². The molecule has 1 atom stereocenters. The van der Waals surface area contributed by atoms with E-state index in [1.165, 1.54) is 0 Å². The minimum Gasteiger partial charge on any atom is -0.369 e. The van der Waals surface area contributed by atoms with Crippen molar-refractivity contribution in [3.05, 3.63) is 118 Å². The molecule has 16 heteroatoms. The van der Waals surface area contributed by atoms with Crippen LogP contribution in [0.4, 0.5) is 11.4 Å². The van der Waals surface area contributed by atoms with Crippen LogP contribution in [-0.2, 0) is 37.4 Å². The van der Waals surface area contributed by atoms with Crippen molar-refractivity contribution in [3.63, 3.8) is 0 Å². The molecule has 3 aliphatic heterocycles. The second-order valence-electron chi connectivity index (χ2n) is 17.4. The Morgan fingerprint density at radius 2 is 1.51 bits per heavy atom. The Kier molecular flexibility index (Phi) is 13.5. The van der Waals surface area contributed by atoms with Crippen LogP contribution in [0.1, 0.15) is 93.7 Å². The summed E-state index contributed by atoms with van der Waals surface area (Å²) in [5.74, 6) is -1.15. The fourth-order valence-electron chi connectivity index (χ4n) is 9.42. The van der Waals surface area contributed by atoms with Gasteiger partial charge in [0, 0.05) is 57.8 Å². The maximum atomic E-state index is 13.5. The van der Waals surface area contributed by atoms with Crippen molar-refractivity contribution in [3.8, 4) is 0 Å². The van der Waals surface area contributed by atoms with E-state index in [1.54, 1.807) is 18.2 Å². The number of hydrogen-bond acceptors (Lipinski definition) is 10. The van der Waals surface area contributed by atoms with E-state index in [0.717, 1.165) is 77.1 Å². The number of imide groups is 2. The lowest BCUT2D eigenvalue weighted by Crippen LogP contribution is -2.54. The largest absolute Gasteiger partial charge is 0.369 e. The van der Waals surface area contributed by atoms with Crippen LogP contribution in [-0.4, -0.2) is 103 Å². The number of anilines is 2. The lowest BCUT2D eigenvalue weighted by atomic mass is 10.0. The number of fused-ring (bicyclic) bond motifs is 2. The molecule has 2 fully saturated rings. The first kappa shape index (κ1) is 45.2. The first-order valence-electron chi connectivity index (χ1n) is 22.5. The molecular formula is C49H56N8O7S. The zero-order valence-corrected chi connectivity index (χ0v) is 38.0. The summed E-state index contributed by atoms with van der Waals surface area (Å²) in [6.07, 6.45) is 5.81. The average Bonchev–Trinajstić information content (AvgIpc) is 3.72. The summed E-state index contributed by atoms with van der Waals surface area (Å²) in [4.78, 5) is 73.8. The molecule has 2 saturated heterocycles. The fraction of sp³-hybridized carbons (Fsp3) is 0.388. The van der Waals surface area contributed by atoms with Gasteiger partial charge in [0.1, 0.15) is 11.9 Å². The lowest BCUT2D eigenvalue weighted by Gasteiger charge is -2.35. The number of benzene rings is 4. The second kappa shape index (κ2) is 19.4. The monoisotopic (exact) mass is 900 g/mol. The number of piperazine rings is 1. The molecule has 0 spiro atoms. The molecule has 5 aromatic rings. The van der Waals surface area contributed by atoms with Gasteiger partial charge in [0.25, 0.3) is 21.8 Å². The molecule has 0 bridgehead atoms. The molecule has 4 heterocycles. The molecule has 5 amide bonds. The minimum absolute atomic E-state index is 0.0118.